The molecule has 1 saturated heterocycles. The second-order valence-corrected chi connectivity index (χ2v) is 5.08. The van der Waals surface area contributed by atoms with E-state index in [0.29, 0.717) is 6.54 Å². The number of aliphatic hydroxyl groups is 1. The summed E-state index contributed by atoms with van der Waals surface area (Å²) in [6, 6.07) is -0.292. The van der Waals surface area contributed by atoms with Gasteiger partial charge in [0, 0.05) is 25.1 Å². The van der Waals surface area contributed by atoms with Crippen LogP contribution in [0.15, 0.2) is 0 Å². The Morgan fingerprint density at radius 3 is 2.83 bits per heavy atom. The number of aliphatic hydroxyl groups excluding tert-OH is 1. The van der Waals surface area contributed by atoms with E-state index in [9.17, 15) is 14.7 Å². The third-order valence-electron chi connectivity index (χ3n) is 3.80. The summed E-state index contributed by atoms with van der Waals surface area (Å²) in [6.45, 7) is 0.646. The zero-order chi connectivity index (χ0) is 13.0. The molecule has 2 amide bonds. The van der Waals surface area contributed by atoms with Crippen molar-refractivity contribution >= 4 is 11.8 Å². The number of hydrogen-bond donors (Lipinski definition) is 4. The highest BCUT2D eigenvalue weighted by Gasteiger charge is 2.29. The van der Waals surface area contributed by atoms with Crippen LogP contribution in [0.3, 0.4) is 0 Å². The Balaban J connectivity index is 1.84. The van der Waals surface area contributed by atoms with Gasteiger partial charge in [-0.25, -0.2) is 0 Å². The summed E-state index contributed by atoms with van der Waals surface area (Å²) < 4.78 is 0. The Morgan fingerprint density at radius 1 is 1.39 bits per heavy atom. The maximum absolute atomic E-state index is 12.0. The lowest BCUT2D eigenvalue weighted by molar-refractivity contribution is -0.127. The summed E-state index contributed by atoms with van der Waals surface area (Å²) in [5, 5.41) is 17.9. The predicted octanol–water partition coefficient (Wildman–Crippen LogP) is -1.26. The van der Waals surface area contributed by atoms with Gasteiger partial charge < -0.3 is 15.7 Å². The van der Waals surface area contributed by atoms with Crippen LogP contribution in [0.5, 0.6) is 0 Å². The zero-order valence-electron chi connectivity index (χ0n) is 10.4. The van der Waals surface area contributed by atoms with E-state index in [2.05, 4.69) is 16.0 Å². The summed E-state index contributed by atoms with van der Waals surface area (Å²) in [7, 11) is 0. The first kappa shape index (κ1) is 13.3. The van der Waals surface area contributed by atoms with E-state index in [1.54, 1.807) is 0 Å². The molecular weight excluding hydrogens is 234 g/mol. The van der Waals surface area contributed by atoms with E-state index >= 15 is 0 Å². The summed E-state index contributed by atoms with van der Waals surface area (Å²) >= 11 is 0. The number of nitrogens with one attached hydrogen (secondary N) is 3. The van der Waals surface area contributed by atoms with Crippen LogP contribution in [-0.4, -0.2) is 48.7 Å². The van der Waals surface area contributed by atoms with Crippen molar-refractivity contribution < 1.29 is 14.7 Å². The third kappa shape index (κ3) is 3.20. The Morgan fingerprint density at radius 2 is 2.17 bits per heavy atom. The molecule has 0 bridgehead atoms. The summed E-state index contributed by atoms with van der Waals surface area (Å²) in [5.74, 6) is 0.00572. The topological polar surface area (TPSA) is 90.5 Å². The molecule has 2 aliphatic rings. The normalized spacial score (nSPS) is 32.7. The van der Waals surface area contributed by atoms with Crippen LogP contribution in [-0.2, 0) is 9.59 Å². The molecule has 2 fully saturated rings. The second-order valence-electron chi connectivity index (χ2n) is 5.08. The van der Waals surface area contributed by atoms with Gasteiger partial charge in [0.25, 0.3) is 0 Å². The Bertz CT molecular complexity index is 312. The number of rotatable bonds is 3. The van der Waals surface area contributed by atoms with Crippen molar-refractivity contribution in [3.8, 4) is 0 Å². The molecule has 18 heavy (non-hydrogen) atoms. The van der Waals surface area contributed by atoms with E-state index in [1.165, 1.54) is 0 Å². The Labute approximate surface area is 107 Å². The van der Waals surface area contributed by atoms with Crippen LogP contribution in [0.25, 0.3) is 0 Å². The highest BCUT2D eigenvalue weighted by atomic mass is 16.3. The molecule has 102 valence electrons. The zero-order valence-corrected chi connectivity index (χ0v) is 10.4. The fourth-order valence-electron chi connectivity index (χ4n) is 2.65. The molecule has 4 N–H and O–H groups in total. The maximum atomic E-state index is 12.0. The van der Waals surface area contributed by atoms with Gasteiger partial charge in [0.15, 0.2) is 0 Å². The van der Waals surface area contributed by atoms with Gasteiger partial charge >= 0.3 is 0 Å². The van der Waals surface area contributed by atoms with Crippen molar-refractivity contribution in [2.24, 2.45) is 5.92 Å². The predicted molar refractivity (Wildman–Crippen MR) is 65.8 cm³/mol. The molecule has 0 spiro atoms. The molecule has 6 nitrogen and oxygen atoms in total. The Hall–Kier alpha value is -1.14. The van der Waals surface area contributed by atoms with E-state index in [1.807, 2.05) is 0 Å². The van der Waals surface area contributed by atoms with E-state index in [-0.39, 0.29) is 43.0 Å². The maximum Gasteiger partial charge on any atom is 0.239 e. The second kappa shape index (κ2) is 6.15. The van der Waals surface area contributed by atoms with Crippen LogP contribution in [0.4, 0.5) is 0 Å². The average Bonchev–Trinajstić information content (AvgIpc) is 2.40. The summed E-state index contributed by atoms with van der Waals surface area (Å²) in [4.78, 5) is 23.0. The lowest BCUT2D eigenvalue weighted by atomic mass is 9.85. The van der Waals surface area contributed by atoms with Gasteiger partial charge in [-0.15, -0.1) is 0 Å². The third-order valence-corrected chi connectivity index (χ3v) is 3.80. The first-order chi connectivity index (χ1) is 8.70. The standard InChI is InChI=1S/C12H21N3O3/c16-7-8-3-1-2-4-9(8)15-12(18)10-5-14-11(17)6-13-10/h8-10,13,16H,1-7H2,(H,14,17)(H,15,18). The molecule has 1 saturated carbocycles. The van der Waals surface area contributed by atoms with Gasteiger partial charge in [0.2, 0.25) is 11.8 Å². The lowest BCUT2D eigenvalue weighted by Crippen LogP contribution is -2.60. The van der Waals surface area contributed by atoms with Crippen molar-refractivity contribution in [1.29, 1.82) is 0 Å². The molecule has 0 aromatic heterocycles. The fourth-order valence-corrected chi connectivity index (χ4v) is 2.65. The number of hydrogen-bond acceptors (Lipinski definition) is 4. The van der Waals surface area contributed by atoms with E-state index in [0.717, 1.165) is 25.7 Å². The van der Waals surface area contributed by atoms with Crippen LogP contribution < -0.4 is 16.0 Å². The Kier molecular flexibility index (Phi) is 4.54. The molecule has 3 atom stereocenters. The summed E-state index contributed by atoms with van der Waals surface area (Å²) in [6.07, 6.45) is 4.11. The minimum Gasteiger partial charge on any atom is -0.396 e. The van der Waals surface area contributed by atoms with Crippen LogP contribution in [0.2, 0.25) is 0 Å². The van der Waals surface area contributed by atoms with Crippen LogP contribution >= 0.6 is 0 Å². The molecule has 0 aromatic rings. The van der Waals surface area contributed by atoms with Gasteiger partial charge in [-0.3, -0.25) is 14.9 Å². The van der Waals surface area contributed by atoms with Crippen LogP contribution in [0.1, 0.15) is 25.7 Å². The molecule has 1 aliphatic heterocycles. The number of carbonyl (C=O) groups excluding carboxylic acids is 2. The van der Waals surface area contributed by atoms with Crippen molar-refractivity contribution in [2.75, 3.05) is 19.7 Å². The molecule has 2 rings (SSSR count). The minimum absolute atomic E-state index is 0.0654. The molecular formula is C12H21N3O3. The number of piperazine rings is 1. The SMILES string of the molecule is O=C1CNC(C(=O)NC2CCCCC2CO)CN1. The lowest BCUT2D eigenvalue weighted by Gasteiger charge is -2.33. The first-order valence-corrected chi connectivity index (χ1v) is 6.62. The van der Waals surface area contributed by atoms with Gasteiger partial charge in [0.05, 0.1) is 6.54 Å². The quantitative estimate of drug-likeness (QED) is 0.507. The highest BCUT2D eigenvalue weighted by Crippen LogP contribution is 2.23. The largest absolute Gasteiger partial charge is 0.396 e. The monoisotopic (exact) mass is 255 g/mol. The van der Waals surface area contributed by atoms with Crippen LogP contribution in [0, 0.1) is 5.92 Å². The van der Waals surface area contributed by atoms with Crippen molar-refractivity contribution in [3.05, 3.63) is 0 Å². The molecule has 6 heteroatoms. The summed E-state index contributed by atoms with van der Waals surface area (Å²) in [5.41, 5.74) is 0. The number of carbonyl (C=O) groups is 2. The van der Waals surface area contributed by atoms with Gasteiger partial charge in [-0.05, 0) is 12.8 Å². The van der Waals surface area contributed by atoms with E-state index < -0.39 is 0 Å². The highest BCUT2D eigenvalue weighted by molar-refractivity contribution is 5.86. The molecule has 1 heterocycles. The molecule has 1 aliphatic carbocycles. The number of amides is 2. The van der Waals surface area contributed by atoms with Crippen molar-refractivity contribution in [1.82, 2.24) is 16.0 Å². The van der Waals surface area contributed by atoms with Gasteiger partial charge in [0.1, 0.15) is 6.04 Å². The van der Waals surface area contributed by atoms with Crippen molar-refractivity contribution in [3.63, 3.8) is 0 Å². The molecule has 0 radical (unpaired) electrons. The van der Waals surface area contributed by atoms with Gasteiger partial charge in [-0.1, -0.05) is 12.8 Å². The average molecular weight is 255 g/mol. The molecule has 3 unspecified atom stereocenters. The van der Waals surface area contributed by atoms with Crippen molar-refractivity contribution in [2.45, 2.75) is 37.8 Å². The van der Waals surface area contributed by atoms with E-state index in [4.69, 9.17) is 0 Å². The first-order valence-electron chi connectivity index (χ1n) is 6.62. The minimum atomic E-state index is -0.357. The smallest absolute Gasteiger partial charge is 0.239 e. The van der Waals surface area contributed by atoms with Gasteiger partial charge in [-0.2, -0.15) is 0 Å². The molecule has 0 aromatic carbocycles. The fraction of sp³-hybridized carbons (Fsp3) is 0.833.